The Morgan fingerprint density at radius 2 is 1.62 bits per heavy atom. The minimum absolute atomic E-state index is 0.362. The Bertz CT molecular complexity index is 763. The van der Waals surface area contributed by atoms with Crippen molar-refractivity contribution >= 4 is 23.5 Å². The van der Waals surface area contributed by atoms with Gasteiger partial charge in [0.15, 0.2) is 0 Å². The van der Waals surface area contributed by atoms with Gasteiger partial charge in [-0.05, 0) is 19.1 Å². The monoisotopic (exact) mass is 346 g/mol. The number of hydroxylamine groups is 1. The van der Waals surface area contributed by atoms with Crippen molar-refractivity contribution in [3.63, 3.8) is 0 Å². The van der Waals surface area contributed by atoms with Gasteiger partial charge in [-0.2, -0.15) is 0 Å². The van der Waals surface area contributed by atoms with E-state index in [1.807, 2.05) is 12.1 Å². The largest absolute Gasteiger partial charge is 0.457 e. The third-order valence-electron chi connectivity index (χ3n) is 4.02. The van der Waals surface area contributed by atoms with Gasteiger partial charge in [0.25, 0.3) is 5.91 Å². The van der Waals surface area contributed by atoms with E-state index >= 15 is 0 Å². The van der Waals surface area contributed by atoms with Gasteiger partial charge in [-0.25, -0.2) is 10.6 Å². The normalized spacial score (nSPS) is 14.0. The Morgan fingerprint density at radius 1 is 1.12 bits per heavy atom. The highest BCUT2D eigenvalue weighted by atomic mass is 35.5. The van der Waals surface area contributed by atoms with Gasteiger partial charge in [0.05, 0.1) is 0 Å². The van der Waals surface area contributed by atoms with Crippen molar-refractivity contribution in [3.05, 3.63) is 59.7 Å². The predicted molar refractivity (Wildman–Crippen MR) is 87.3 cm³/mol. The second kappa shape index (κ2) is 6.14. The lowest BCUT2D eigenvalue weighted by Crippen LogP contribution is -2.46. The number of halogens is 1. The number of amides is 1. The zero-order valence-corrected chi connectivity index (χ0v) is 13.6. The number of rotatable bonds is 2. The van der Waals surface area contributed by atoms with E-state index < -0.39 is 23.2 Å². The molecule has 7 heteroatoms. The van der Waals surface area contributed by atoms with Crippen molar-refractivity contribution in [2.45, 2.75) is 12.3 Å². The van der Waals surface area contributed by atoms with E-state index in [-0.39, 0.29) is 0 Å². The molecule has 0 spiro atoms. The molecule has 0 radical (unpaired) electrons. The van der Waals surface area contributed by atoms with E-state index in [2.05, 4.69) is 0 Å². The van der Waals surface area contributed by atoms with E-state index in [0.29, 0.717) is 27.8 Å². The first-order valence-corrected chi connectivity index (χ1v) is 7.75. The zero-order chi connectivity index (χ0) is 17.3. The van der Waals surface area contributed by atoms with Gasteiger partial charge in [0.2, 0.25) is 0 Å². The molecule has 0 saturated heterocycles. The van der Waals surface area contributed by atoms with Crippen molar-refractivity contribution < 1.29 is 19.2 Å². The average Bonchev–Trinajstić information content (AvgIpc) is 2.61. The molecule has 24 heavy (non-hydrogen) atoms. The summed E-state index contributed by atoms with van der Waals surface area (Å²) in [6, 6.07) is 14.3. The van der Waals surface area contributed by atoms with Crippen LogP contribution in [0.5, 0.6) is 11.5 Å². The van der Waals surface area contributed by atoms with Crippen LogP contribution in [0.1, 0.15) is 18.1 Å². The maximum absolute atomic E-state index is 12.9. The number of benzene rings is 2. The van der Waals surface area contributed by atoms with Gasteiger partial charge in [-0.3, -0.25) is 4.79 Å². The number of para-hydroxylation sites is 2. The van der Waals surface area contributed by atoms with Crippen molar-refractivity contribution in [3.8, 4) is 11.5 Å². The highest BCUT2D eigenvalue weighted by Gasteiger charge is 2.46. The number of nitrogens with zero attached hydrogens (tertiary/aromatic N) is 1. The second-order valence-electron chi connectivity index (χ2n) is 5.45. The van der Waals surface area contributed by atoms with Gasteiger partial charge in [-0.15, -0.1) is 16.8 Å². The van der Waals surface area contributed by atoms with Gasteiger partial charge in [0, 0.05) is 11.1 Å². The Morgan fingerprint density at radius 3 is 2.12 bits per heavy atom. The number of carbonyl (C=O) groups is 2. The molecule has 0 fully saturated rings. The van der Waals surface area contributed by atoms with Crippen LogP contribution in [-0.4, -0.2) is 22.9 Å². The highest BCUT2D eigenvalue weighted by Crippen LogP contribution is 2.48. The van der Waals surface area contributed by atoms with Crippen LogP contribution in [0.15, 0.2) is 48.5 Å². The first-order valence-electron chi connectivity index (χ1n) is 7.21. The molecular formula is C17H15ClN2O4. The Hall–Kier alpha value is -2.57. The summed E-state index contributed by atoms with van der Waals surface area (Å²) < 4.78 is 5.86. The maximum Gasteiger partial charge on any atom is 0.349 e. The van der Waals surface area contributed by atoms with Crippen LogP contribution in [0.4, 0.5) is 0 Å². The lowest BCUT2D eigenvalue weighted by Gasteiger charge is -2.35. The highest BCUT2D eigenvalue weighted by molar-refractivity contribution is 6.27. The van der Waals surface area contributed by atoms with Gasteiger partial charge < -0.3 is 9.57 Å². The molecule has 0 unspecified atom stereocenters. The number of hydrogen-bond acceptors (Lipinski definition) is 5. The molecule has 0 bridgehead atoms. The third-order valence-corrected chi connectivity index (χ3v) is 4.25. The molecule has 2 N–H and O–H groups in total. The standard InChI is InChI=1S/C17H15ClN2O4/c1-17(16(22)24-20(19)15(21)10-18)11-6-2-4-8-13(11)23-14-9-5-3-7-12(14)17/h2-9H,10,19H2,1H3. The number of alkyl halides is 1. The van der Waals surface area contributed by atoms with Crippen LogP contribution in [0, 0.1) is 0 Å². The Kier molecular flexibility index (Phi) is 4.17. The van der Waals surface area contributed by atoms with Crippen molar-refractivity contribution in [1.29, 1.82) is 0 Å². The van der Waals surface area contributed by atoms with Crippen LogP contribution in [-0.2, 0) is 19.8 Å². The topological polar surface area (TPSA) is 81.9 Å². The van der Waals surface area contributed by atoms with E-state index in [0.717, 1.165) is 0 Å². The van der Waals surface area contributed by atoms with Crippen LogP contribution >= 0.6 is 11.6 Å². The average molecular weight is 347 g/mol. The van der Waals surface area contributed by atoms with Crippen LogP contribution < -0.4 is 10.6 Å². The van der Waals surface area contributed by atoms with Gasteiger partial charge in [0.1, 0.15) is 22.8 Å². The SMILES string of the molecule is CC1(C(=O)ON(N)C(=O)CCl)c2ccccc2Oc2ccccc21. The third kappa shape index (κ3) is 2.50. The summed E-state index contributed by atoms with van der Waals surface area (Å²) >= 11 is 5.43. The van der Waals surface area contributed by atoms with Crippen molar-refractivity contribution in [2.75, 3.05) is 5.88 Å². The van der Waals surface area contributed by atoms with Crippen LogP contribution in [0.3, 0.4) is 0 Å². The lowest BCUT2D eigenvalue weighted by atomic mass is 9.74. The summed E-state index contributed by atoms with van der Waals surface area (Å²) in [5.41, 5.74) is 0.0659. The smallest absolute Gasteiger partial charge is 0.349 e. The summed E-state index contributed by atoms with van der Waals surface area (Å²) in [4.78, 5) is 29.4. The lowest BCUT2D eigenvalue weighted by molar-refractivity contribution is -0.201. The molecule has 0 aliphatic carbocycles. The molecule has 2 aromatic carbocycles. The molecule has 0 saturated carbocycles. The molecule has 1 aliphatic rings. The molecule has 0 atom stereocenters. The van der Waals surface area contributed by atoms with Gasteiger partial charge in [-0.1, -0.05) is 36.4 Å². The fraction of sp³-hybridized carbons (Fsp3) is 0.176. The van der Waals surface area contributed by atoms with E-state index in [1.165, 1.54) is 0 Å². The van der Waals surface area contributed by atoms with Gasteiger partial charge >= 0.3 is 5.97 Å². The molecule has 2 aromatic rings. The number of ether oxygens (including phenoxy) is 1. The zero-order valence-electron chi connectivity index (χ0n) is 12.9. The fourth-order valence-corrected chi connectivity index (χ4v) is 2.83. The number of nitrogens with two attached hydrogens (primary N) is 1. The summed E-state index contributed by atoms with van der Waals surface area (Å²) in [5, 5.41) is 0.362. The molecule has 6 nitrogen and oxygen atoms in total. The molecule has 0 aromatic heterocycles. The van der Waals surface area contributed by atoms with Crippen LogP contribution in [0.2, 0.25) is 0 Å². The quantitative estimate of drug-likeness (QED) is 0.391. The number of fused-ring (bicyclic) bond motifs is 2. The summed E-state index contributed by atoms with van der Waals surface area (Å²) in [6.45, 7) is 1.70. The first kappa shape index (κ1) is 16.3. The second-order valence-corrected chi connectivity index (χ2v) is 5.72. The minimum Gasteiger partial charge on any atom is -0.457 e. The molecule has 3 rings (SSSR count). The maximum atomic E-state index is 12.9. The van der Waals surface area contributed by atoms with E-state index in [9.17, 15) is 9.59 Å². The summed E-state index contributed by atoms with van der Waals surface area (Å²) in [6.07, 6.45) is 0. The molecular weight excluding hydrogens is 332 g/mol. The van der Waals surface area contributed by atoms with Crippen molar-refractivity contribution in [2.24, 2.45) is 5.84 Å². The summed E-state index contributed by atoms with van der Waals surface area (Å²) in [5.74, 6) is 4.73. The first-order chi connectivity index (χ1) is 11.5. The van der Waals surface area contributed by atoms with Crippen molar-refractivity contribution in [1.82, 2.24) is 5.17 Å². The predicted octanol–water partition coefficient (Wildman–Crippen LogP) is 2.50. The van der Waals surface area contributed by atoms with E-state index in [4.69, 9.17) is 27.0 Å². The Balaban J connectivity index is 2.08. The fourth-order valence-electron chi connectivity index (χ4n) is 2.71. The summed E-state index contributed by atoms with van der Waals surface area (Å²) in [7, 11) is 0. The molecule has 1 amide bonds. The Labute approximate surface area is 143 Å². The molecule has 124 valence electrons. The van der Waals surface area contributed by atoms with Crippen LogP contribution in [0.25, 0.3) is 0 Å². The van der Waals surface area contributed by atoms with E-state index in [1.54, 1.807) is 43.3 Å². The number of hydrogen-bond donors (Lipinski definition) is 1. The number of carbonyl (C=O) groups excluding carboxylic acids is 2. The number of hydrazine groups is 1. The molecule has 1 heterocycles. The minimum atomic E-state index is -1.18. The molecule has 1 aliphatic heterocycles.